The number of H-pyrrole nitrogens is 1. The van der Waals surface area contributed by atoms with Gasteiger partial charge in [0.1, 0.15) is 5.76 Å². The first kappa shape index (κ1) is 11.9. The van der Waals surface area contributed by atoms with Gasteiger partial charge in [-0.25, -0.2) is 0 Å². The SMILES string of the molecule is NCC1=Cc2[nH]c(=O)cc(NCc3ccco3)c2[B]1. The summed E-state index contributed by atoms with van der Waals surface area (Å²) in [7, 11) is 1.98. The number of nitrogens with one attached hydrogen (secondary N) is 2. The van der Waals surface area contributed by atoms with Crippen molar-refractivity contribution in [3.05, 3.63) is 51.7 Å². The molecule has 0 fully saturated rings. The Labute approximate surface area is 110 Å². The van der Waals surface area contributed by atoms with Crippen LogP contribution in [0.4, 0.5) is 5.69 Å². The van der Waals surface area contributed by atoms with Crippen LogP contribution in [0.3, 0.4) is 0 Å². The number of fused-ring (bicyclic) bond motifs is 1. The highest BCUT2D eigenvalue weighted by atomic mass is 16.3. The molecule has 3 rings (SSSR count). The molecule has 1 radical (unpaired) electrons. The highest BCUT2D eigenvalue weighted by molar-refractivity contribution is 6.66. The van der Waals surface area contributed by atoms with Crippen molar-refractivity contribution in [1.82, 2.24) is 4.98 Å². The molecule has 0 unspecified atom stereocenters. The van der Waals surface area contributed by atoms with Crippen molar-refractivity contribution in [2.24, 2.45) is 5.73 Å². The molecule has 0 spiro atoms. The second-order valence-electron chi connectivity index (χ2n) is 4.38. The van der Waals surface area contributed by atoms with Crippen LogP contribution in [0.25, 0.3) is 6.08 Å². The van der Waals surface area contributed by atoms with Gasteiger partial charge in [-0.05, 0) is 23.7 Å². The van der Waals surface area contributed by atoms with E-state index < -0.39 is 0 Å². The van der Waals surface area contributed by atoms with E-state index in [-0.39, 0.29) is 5.56 Å². The van der Waals surface area contributed by atoms with Crippen molar-refractivity contribution in [1.29, 1.82) is 0 Å². The minimum Gasteiger partial charge on any atom is -0.467 e. The molecule has 2 aromatic heterocycles. The molecule has 3 heterocycles. The van der Waals surface area contributed by atoms with E-state index in [4.69, 9.17) is 10.2 Å². The second-order valence-corrected chi connectivity index (χ2v) is 4.38. The maximum Gasteiger partial charge on any atom is 0.250 e. The summed E-state index contributed by atoms with van der Waals surface area (Å²) >= 11 is 0. The van der Waals surface area contributed by atoms with E-state index in [0.29, 0.717) is 13.1 Å². The first-order chi connectivity index (χ1) is 9.26. The highest BCUT2D eigenvalue weighted by Gasteiger charge is 2.18. The summed E-state index contributed by atoms with van der Waals surface area (Å²) in [4.78, 5) is 14.4. The number of hydrogen-bond acceptors (Lipinski definition) is 4. The Morgan fingerprint density at radius 3 is 3.11 bits per heavy atom. The van der Waals surface area contributed by atoms with E-state index in [2.05, 4.69) is 10.3 Å². The summed E-state index contributed by atoms with van der Waals surface area (Å²) in [5.74, 6) is 0.819. The van der Waals surface area contributed by atoms with Gasteiger partial charge in [0.2, 0.25) is 5.56 Å². The zero-order valence-corrected chi connectivity index (χ0v) is 10.3. The molecule has 4 N–H and O–H groups in total. The lowest BCUT2D eigenvalue weighted by Crippen LogP contribution is -2.26. The fourth-order valence-corrected chi connectivity index (χ4v) is 2.13. The fraction of sp³-hybridized carbons (Fsp3) is 0.154. The van der Waals surface area contributed by atoms with Crippen LogP contribution in [0.15, 0.2) is 39.1 Å². The van der Waals surface area contributed by atoms with Crippen LogP contribution >= 0.6 is 0 Å². The number of nitrogens with two attached hydrogens (primary N) is 1. The lowest BCUT2D eigenvalue weighted by molar-refractivity contribution is 0.518. The largest absolute Gasteiger partial charge is 0.467 e. The number of furan rings is 1. The predicted octanol–water partition coefficient (Wildman–Crippen LogP) is 0.223. The molecule has 0 amide bonds. The molecule has 1 aliphatic rings. The molecule has 0 aromatic carbocycles. The molecular weight excluding hydrogens is 241 g/mol. The molecule has 0 bridgehead atoms. The zero-order chi connectivity index (χ0) is 13.2. The van der Waals surface area contributed by atoms with Crippen molar-refractivity contribution < 1.29 is 4.42 Å². The number of aromatic nitrogens is 1. The average Bonchev–Trinajstić information content (AvgIpc) is 3.04. The Hall–Kier alpha value is -2.21. The third kappa shape index (κ3) is 2.35. The summed E-state index contributed by atoms with van der Waals surface area (Å²) in [5.41, 5.74) is 9.04. The smallest absolute Gasteiger partial charge is 0.250 e. The van der Waals surface area contributed by atoms with Crippen molar-refractivity contribution in [2.75, 3.05) is 11.9 Å². The first-order valence-electron chi connectivity index (χ1n) is 6.05. The average molecular weight is 254 g/mol. The zero-order valence-electron chi connectivity index (χ0n) is 10.3. The Balaban J connectivity index is 1.86. The highest BCUT2D eigenvalue weighted by Crippen LogP contribution is 2.14. The normalized spacial score (nSPS) is 12.8. The van der Waals surface area contributed by atoms with E-state index >= 15 is 0 Å². The third-order valence-corrected chi connectivity index (χ3v) is 3.04. The van der Waals surface area contributed by atoms with E-state index in [1.165, 1.54) is 0 Å². The van der Waals surface area contributed by atoms with Crippen LogP contribution in [0, 0.1) is 0 Å². The fourth-order valence-electron chi connectivity index (χ4n) is 2.13. The van der Waals surface area contributed by atoms with Gasteiger partial charge in [-0.15, -0.1) is 0 Å². The Bertz CT molecular complexity index is 674. The number of anilines is 1. The number of pyridine rings is 1. The predicted molar refractivity (Wildman–Crippen MR) is 75.5 cm³/mol. The molecule has 5 nitrogen and oxygen atoms in total. The Morgan fingerprint density at radius 1 is 1.47 bits per heavy atom. The lowest BCUT2D eigenvalue weighted by Gasteiger charge is -2.09. The van der Waals surface area contributed by atoms with Gasteiger partial charge in [0.15, 0.2) is 7.28 Å². The minimum atomic E-state index is -0.136. The first-order valence-corrected chi connectivity index (χ1v) is 6.05. The number of aromatic amines is 1. The van der Waals surface area contributed by atoms with E-state index in [0.717, 1.165) is 28.1 Å². The van der Waals surface area contributed by atoms with E-state index in [1.807, 2.05) is 25.5 Å². The summed E-state index contributed by atoms with van der Waals surface area (Å²) in [5, 5.41) is 3.21. The summed E-state index contributed by atoms with van der Waals surface area (Å²) in [6.45, 7) is 0.989. The van der Waals surface area contributed by atoms with Gasteiger partial charge in [-0.1, -0.05) is 5.47 Å². The van der Waals surface area contributed by atoms with Crippen LogP contribution in [0.1, 0.15) is 11.5 Å². The molecule has 0 saturated heterocycles. The van der Waals surface area contributed by atoms with Crippen LogP contribution in [0.2, 0.25) is 0 Å². The number of rotatable bonds is 4. The van der Waals surface area contributed by atoms with Gasteiger partial charge in [0.05, 0.1) is 12.8 Å². The van der Waals surface area contributed by atoms with Gasteiger partial charge in [0, 0.05) is 24.0 Å². The summed E-state index contributed by atoms with van der Waals surface area (Å²) in [6, 6.07) is 5.26. The molecule has 2 aromatic rings. The summed E-state index contributed by atoms with van der Waals surface area (Å²) < 4.78 is 5.26. The molecule has 6 heteroatoms. The molecular formula is C13H13BN3O2. The topological polar surface area (TPSA) is 84.0 Å². The van der Waals surface area contributed by atoms with Gasteiger partial charge in [0.25, 0.3) is 0 Å². The Kier molecular flexibility index (Phi) is 3.01. The quantitative estimate of drug-likeness (QED) is 0.681. The third-order valence-electron chi connectivity index (χ3n) is 3.04. The number of hydrogen-bond donors (Lipinski definition) is 3. The van der Waals surface area contributed by atoms with Gasteiger partial charge in [-0.3, -0.25) is 4.79 Å². The van der Waals surface area contributed by atoms with E-state index in [1.54, 1.807) is 12.3 Å². The minimum absolute atomic E-state index is 0.136. The van der Waals surface area contributed by atoms with Gasteiger partial charge in [-0.2, -0.15) is 0 Å². The summed E-state index contributed by atoms with van der Waals surface area (Å²) in [6.07, 6.45) is 3.52. The molecule has 0 atom stereocenters. The molecule has 1 aliphatic heterocycles. The molecule has 0 saturated carbocycles. The molecule has 19 heavy (non-hydrogen) atoms. The maximum absolute atomic E-state index is 11.6. The molecule has 0 aliphatic carbocycles. The monoisotopic (exact) mass is 254 g/mol. The van der Waals surface area contributed by atoms with Crippen LogP contribution in [0.5, 0.6) is 0 Å². The van der Waals surface area contributed by atoms with Crippen molar-refractivity contribution in [3.63, 3.8) is 0 Å². The van der Waals surface area contributed by atoms with Crippen LogP contribution in [-0.4, -0.2) is 18.8 Å². The van der Waals surface area contributed by atoms with Crippen LogP contribution in [-0.2, 0) is 6.54 Å². The van der Waals surface area contributed by atoms with Gasteiger partial charge >= 0.3 is 0 Å². The lowest BCUT2D eigenvalue weighted by atomic mass is 9.66. The Morgan fingerprint density at radius 2 is 2.37 bits per heavy atom. The standard InChI is InChI=1S/C13H13BN3O2/c15-6-8-4-11-13(14-8)10(5-12(18)17-11)16-7-9-2-1-3-19-9/h1-5H,6-7,15H2,(H2,16,17,18). The maximum atomic E-state index is 11.6. The van der Waals surface area contributed by atoms with E-state index in [9.17, 15) is 4.79 Å². The van der Waals surface area contributed by atoms with Crippen molar-refractivity contribution in [3.8, 4) is 0 Å². The van der Waals surface area contributed by atoms with Crippen molar-refractivity contribution >= 4 is 24.5 Å². The van der Waals surface area contributed by atoms with Crippen molar-refractivity contribution in [2.45, 2.75) is 6.54 Å². The van der Waals surface area contributed by atoms with Gasteiger partial charge < -0.3 is 20.5 Å². The van der Waals surface area contributed by atoms with Crippen LogP contribution < -0.4 is 22.1 Å². The molecule has 95 valence electrons. The second kappa shape index (κ2) is 4.82.